The maximum absolute atomic E-state index is 10.7. The van der Waals surface area contributed by atoms with E-state index in [0.29, 0.717) is 0 Å². The molecule has 0 aromatic heterocycles. The zero-order chi connectivity index (χ0) is 5.91. The van der Waals surface area contributed by atoms with Crippen LogP contribution in [0, 0.1) is 0 Å². The predicted octanol–water partition coefficient (Wildman–Crippen LogP) is 0.796. The molecule has 0 saturated heterocycles. The molecule has 0 amide bonds. The summed E-state index contributed by atoms with van der Waals surface area (Å²) < 4.78 is 10.7. The van der Waals surface area contributed by atoms with Gasteiger partial charge in [0, 0.05) is 0 Å². The number of rotatable bonds is 1. The predicted molar refractivity (Wildman–Crippen MR) is 36.2 cm³/mol. The van der Waals surface area contributed by atoms with Gasteiger partial charge in [0.2, 0.25) is 0 Å². The van der Waals surface area contributed by atoms with Crippen LogP contribution < -0.4 is 0 Å². The van der Waals surface area contributed by atoms with Crippen molar-refractivity contribution in [1.82, 2.24) is 0 Å². The lowest BCUT2D eigenvalue weighted by atomic mass is 10.8. The van der Waals surface area contributed by atoms with Crippen LogP contribution in [-0.2, 0) is 9.93 Å². The number of hydrogen-bond acceptors (Lipinski definition) is 1. The molecule has 0 atom stereocenters. The second-order valence-corrected chi connectivity index (χ2v) is 5.08. The molecular formula is C5H12OS. The van der Waals surface area contributed by atoms with Gasteiger partial charge in [-0.1, -0.05) is 16.0 Å². The molecule has 0 aliphatic rings. The summed E-state index contributed by atoms with van der Waals surface area (Å²) in [6.45, 7) is 1.87. The van der Waals surface area contributed by atoms with Crippen molar-refractivity contribution in [3.05, 3.63) is 11.5 Å². The third-order valence-corrected chi connectivity index (χ3v) is 1.52. The molecule has 0 fully saturated rings. The van der Waals surface area contributed by atoms with Crippen molar-refractivity contribution in [2.75, 3.05) is 12.5 Å². The van der Waals surface area contributed by atoms with Gasteiger partial charge < -0.3 is 0 Å². The van der Waals surface area contributed by atoms with Crippen molar-refractivity contribution in [2.45, 2.75) is 6.92 Å². The van der Waals surface area contributed by atoms with Crippen LogP contribution in [0.3, 0.4) is 0 Å². The maximum Gasteiger partial charge on any atom is -0.00721 e. The Morgan fingerprint density at radius 1 is 1.43 bits per heavy atom. The van der Waals surface area contributed by atoms with Gasteiger partial charge in [0.05, 0.1) is 0 Å². The standard InChI is InChI=1S/C5H12OS/c1-4-5-7(2,3)6/h4-5,7H,1-3H3/b5-4+. The maximum atomic E-state index is 10.7. The molecular weight excluding hydrogens is 108 g/mol. The quantitative estimate of drug-likeness (QED) is 0.506. The van der Waals surface area contributed by atoms with E-state index in [1.165, 1.54) is 0 Å². The van der Waals surface area contributed by atoms with Crippen LogP contribution in [0.4, 0.5) is 0 Å². The Bertz CT molecular complexity index is 109. The van der Waals surface area contributed by atoms with Gasteiger partial charge in [-0.25, -0.2) is 0 Å². The van der Waals surface area contributed by atoms with Crippen LogP contribution in [0.15, 0.2) is 11.5 Å². The van der Waals surface area contributed by atoms with E-state index in [-0.39, 0.29) is 0 Å². The second-order valence-electron chi connectivity index (χ2n) is 1.92. The molecule has 44 valence electrons. The van der Waals surface area contributed by atoms with Crippen LogP contribution in [-0.4, -0.2) is 16.7 Å². The van der Waals surface area contributed by atoms with Crippen LogP contribution in [0.5, 0.6) is 0 Å². The SMILES string of the molecule is C/C=C/[SH](C)(C)=O. The molecule has 0 bridgehead atoms. The highest BCUT2D eigenvalue weighted by Crippen LogP contribution is 1.92. The summed E-state index contributed by atoms with van der Waals surface area (Å²) in [5, 5.41) is 1.74. The molecule has 0 heterocycles. The minimum atomic E-state index is -1.85. The summed E-state index contributed by atoms with van der Waals surface area (Å²) in [5.74, 6) is 0. The molecule has 0 unspecified atom stereocenters. The lowest BCUT2D eigenvalue weighted by Gasteiger charge is -2.00. The minimum absolute atomic E-state index is 1.74. The van der Waals surface area contributed by atoms with E-state index in [0.717, 1.165) is 0 Å². The van der Waals surface area contributed by atoms with E-state index in [4.69, 9.17) is 0 Å². The Kier molecular flexibility index (Phi) is 2.23. The summed E-state index contributed by atoms with van der Waals surface area (Å²) in [6.07, 6.45) is 5.31. The topological polar surface area (TPSA) is 17.1 Å². The van der Waals surface area contributed by atoms with E-state index in [9.17, 15) is 4.21 Å². The van der Waals surface area contributed by atoms with Gasteiger partial charge in [0.15, 0.2) is 0 Å². The normalized spacial score (nSPS) is 15.3. The van der Waals surface area contributed by atoms with Crippen LogP contribution in [0.25, 0.3) is 0 Å². The Morgan fingerprint density at radius 2 is 1.86 bits per heavy atom. The molecule has 0 aromatic rings. The van der Waals surface area contributed by atoms with Crippen molar-refractivity contribution in [3.8, 4) is 0 Å². The fourth-order valence-corrected chi connectivity index (χ4v) is 1.08. The zero-order valence-electron chi connectivity index (χ0n) is 5.01. The van der Waals surface area contributed by atoms with Gasteiger partial charge in [-0.15, -0.1) is 0 Å². The van der Waals surface area contributed by atoms with Crippen molar-refractivity contribution in [1.29, 1.82) is 0 Å². The van der Waals surface area contributed by atoms with E-state index in [2.05, 4.69) is 0 Å². The third kappa shape index (κ3) is 5.89. The Hall–Kier alpha value is -0.110. The molecule has 0 spiro atoms. The molecule has 0 aromatic carbocycles. The second kappa shape index (κ2) is 2.26. The first-order chi connectivity index (χ1) is 3.06. The van der Waals surface area contributed by atoms with Crippen molar-refractivity contribution in [2.24, 2.45) is 0 Å². The number of hydrogen-bond donors (Lipinski definition) is 1. The Labute approximate surface area is 45.9 Å². The summed E-state index contributed by atoms with van der Waals surface area (Å²) in [5.41, 5.74) is 0. The van der Waals surface area contributed by atoms with Crippen molar-refractivity contribution < 1.29 is 4.21 Å². The first-order valence-electron chi connectivity index (χ1n) is 2.25. The molecule has 7 heavy (non-hydrogen) atoms. The fraction of sp³-hybridized carbons (Fsp3) is 0.600. The fourth-order valence-electron chi connectivity index (χ4n) is 0.359. The molecule has 0 rings (SSSR count). The third-order valence-electron chi connectivity index (χ3n) is 0.508. The summed E-state index contributed by atoms with van der Waals surface area (Å²) in [4.78, 5) is 0. The van der Waals surface area contributed by atoms with Crippen molar-refractivity contribution in [3.63, 3.8) is 0 Å². The van der Waals surface area contributed by atoms with Gasteiger partial charge in [-0.2, -0.15) is 0 Å². The first kappa shape index (κ1) is 6.89. The first-order valence-corrected chi connectivity index (χ1v) is 4.92. The molecule has 0 N–H and O–H groups in total. The lowest BCUT2D eigenvalue weighted by Crippen LogP contribution is -1.98. The van der Waals surface area contributed by atoms with Gasteiger partial charge in [-0.05, 0) is 24.8 Å². The molecule has 0 saturated carbocycles. The van der Waals surface area contributed by atoms with Crippen LogP contribution in [0.2, 0.25) is 0 Å². The number of allylic oxidation sites excluding steroid dienone is 1. The van der Waals surface area contributed by atoms with Gasteiger partial charge in [-0.3, -0.25) is 4.21 Å². The van der Waals surface area contributed by atoms with E-state index < -0.39 is 9.93 Å². The summed E-state index contributed by atoms with van der Waals surface area (Å²) in [7, 11) is -1.85. The monoisotopic (exact) mass is 120 g/mol. The van der Waals surface area contributed by atoms with E-state index in [1.807, 2.05) is 13.0 Å². The largest absolute Gasteiger partial charge is 0.281 e. The van der Waals surface area contributed by atoms with Gasteiger partial charge >= 0.3 is 0 Å². The highest BCUT2D eigenvalue weighted by Gasteiger charge is 1.86. The Balaban J connectivity index is 3.82. The summed E-state index contributed by atoms with van der Waals surface area (Å²) in [6, 6.07) is 0. The molecule has 2 heteroatoms. The molecule has 1 nitrogen and oxygen atoms in total. The van der Waals surface area contributed by atoms with Gasteiger partial charge in [0.1, 0.15) is 0 Å². The minimum Gasteiger partial charge on any atom is -0.281 e. The van der Waals surface area contributed by atoms with Crippen molar-refractivity contribution >= 4 is 9.93 Å². The van der Waals surface area contributed by atoms with Crippen LogP contribution >= 0.6 is 0 Å². The lowest BCUT2D eigenvalue weighted by molar-refractivity contribution is 0.684. The molecule has 0 aliphatic carbocycles. The zero-order valence-corrected chi connectivity index (χ0v) is 5.90. The van der Waals surface area contributed by atoms with Gasteiger partial charge in [0.25, 0.3) is 0 Å². The van der Waals surface area contributed by atoms with E-state index >= 15 is 0 Å². The summed E-state index contributed by atoms with van der Waals surface area (Å²) >= 11 is 0. The highest BCUT2D eigenvalue weighted by molar-refractivity contribution is 8.04. The average Bonchev–Trinajstić information content (AvgIpc) is 1.30. The number of thiol groups is 1. The van der Waals surface area contributed by atoms with E-state index in [1.54, 1.807) is 17.9 Å². The average molecular weight is 120 g/mol. The van der Waals surface area contributed by atoms with Crippen LogP contribution in [0.1, 0.15) is 6.92 Å². The molecule has 0 aliphatic heterocycles. The highest BCUT2D eigenvalue weighted by atomic mass is 32.2. The molecule has 0 radical (unpaired) electrons. The Morgan fingerprint density at radius 3 is 1.86 bits per heavy atom. The smallest absolute Gasteiger partial charge is 0.00721 e.